The van der Waals surface area contributed by atoms with E-state index in [0.717, 1.165) is 152 Å². The fraction of sp³-hybridized carbons (Fsp3) is 0.683. The van der Waals surface area contributed by atoms with E-state index in [1.54, 1.807) is 7.11 Å². The predicted molar refractivity (Wildman–Crippen MR) is 310 cm³/mol. The van der Waals surface area contributed by atoms with E-state index in [9.17, 15) is 4.79 Å². The molecule has 0 bridgehead atoms. The van der Waals surface area contributed by atoms with E-state index in [0.29, 0.717) is 17.8 Å². The molecule has 0 aromatic carbocycles. The van der Waals surface area contributed by atoms with Crippen molar-refractivity contribution in [3.8, 4) is 11.3 Å². The fourth-order valence-corrected chi connectivity index (χ4v) is 14.9. The number of nitrogens with zero attached hydrogens (tertiary/aromatic N) is 7. The Kier molecular flexibility index (Phi) is 17.8. The fourth-order valence-electron chi connectivity index (χ4n) is 14.9. The van der Waals surface area contributed by atoms with Crippen LogP contribution < -0.4 is 10.7 Å². The molecule has 2 N–H and O–H groups in total. The van der Waals surface area contributed by atoms with Crippen LogP contribution in [-0.2, 0) is 32.0 Å². The number of nitrogens with one attached hydrogen (secondary N) is 2. The van der Waals surface area contributed by atoms with Crippen molar-refractivity contribution in [3.63, 3.8) is 0 Å². The summed E-state index contributed by atoms with van der Waals surface area (Å²) in [6, 6.07) is 6.34. The Morgan fingerprint density at radius 2 is 1.93 bits per heavy atom. The van der Waals surface area contributed by atoms with Crippen LogP contribution in [0.25, 0.3) is 17.3 Å². The van der Waals surface area contributed by atoms with Gasteiger partial charge in [0.1, 0.15) is 6.29 Å². The van der Waals surface area contributed by atoms with Gasteiger partial charge >= 0.3 is 0 Å². The number of allylic oxidation sites excluding steroid dienone is 1. The van der Waals surface area contributed by atoms with Crippen LogP contribution in [0.5, 0.6) is 0 Å². The van der Waals surface area contributed by atoms with Crippen LogP contribution in [0.15, 0.2) is 48.9 Å². The van der Waals surface area contributed by atoms with Gasteiger partial charge in [-0.25, -0.2) is 5.43 Å². The maximum Gasteiger partial charge on any atom is 0.238 e. The molecule has 3 unspecified atom stereocenters. The van der Waals surface area contributed by atoms with Gasteiger partial charge in [-0.1, -0.05) is 67.2 Å². The molecule has 76 heavy (non-hydrogen) atoms. The van der Waals surface area contributed by atoms with Crippen LogP contribution in [-0.4, -0.2) is 137 Å². The van der Waals surface area contributed by atoms with Crippen molar-refractivity contribution in [2.24, 2.45) is 16.7 Å². The van der Waals surface area contributed by atoms with Crippen LogP contribution in [0.3, 0.4) is 0 Å². The second-order valence-electron chi connectivity index (χ2n) is 24.9. The van der Waals surface area contributed by atoms with Gasteiger partial charge in [-0.15, -0.1) is 0 Å². The summed E-state index contributed by atoms with van der Waals surface area (Å²) in [5.74, 6) is 0.950. The third kappa shape index (κ3) is 11.1. The summed E-state index contributed by atoms with van der Waals surface area (Å²) < 4.78 is 14.3. The molecule has 8 heterocycles. The van der Waals surface area contributed by atoms with Crippen molar-refractivity contribution in [1.82, 2.24) is 45.0 Å². The Morgan fingerprint density at radius 3 is 2.61 bits per heavy atom. The minimum absolute atomic E-state index is 0. The molecule has 8 atom stereocenters. The van der Waals surface area contributed by atoms with Gasteiger partial charge in [0.15, 0.2) is 0 Å². The Balaban J connectivity index is 0.00000294. The van der Waals surface area contributed by atoms with E-state index >= 15 is 4.79 Å². The van der Waals surface area contributed by atoms with Crippen molar-refractivity contribution in [2.45, 2.75) is 188 Å². The lowest BCUT2D eigenvalue weighted by Crippen LogP contribution is -2.70. The monoisotopic (exact) mass is 1050 g/mol. The summed E-state index contributed by atoms with van der Waals surface area (Å²) in [6.45, 7) is 31.0. The number of methoxy groups -OCH3 is 1. The molecule has 7 aliphatic rings. The van der Waals surface area contributed by atoms with E-state index in [2.05, 4.69) is 108 Å². The van der Waals surface area contributed by atoms with Gasteiger partial charge in [0.05, 0.1) is 54.5 Å². The van der Waals surface area contributed by atoms with Gasteiger partial charge in [0, 0.05) is 115 Å². The molecule has 3 aromatic rings. The van der Waals surface area contributed by atoms with Crippen molar-refractivity contribution < 1.29 is 21.9 Å². The van der Waals surface area contributed by atoms with Crippen molar-refractivity contribution in [3.05, 3.63) is 88.3 Å². The summed E-state index contributed by atoms with van der Waals surface area (Å²) >= 11 is 0. The van der Waals surface area contributed by atoms with Gasteiger partial charge in [0.2, 0.25) is 5.91 Å². The first-order chi connectivity index (χ1) is 36.3. The second-order valence-corrected chi connectivity index (χ2v) is 24.9. The summed E-state index contributed by atoms with van der Waals surface area (Å²) in [7, 11) is 1.78. The van der Waals surface area contributed by atoms with Crippen LogP contribution >= 0.6 is 0 Å². The average Bonchev–Trinajstić information content (AvgIpc) is 4.10. The molecule has 1 amide bonds. The van der Waals surface area contributed by atoms with Gasteiger partial charge in [-0.3, -0.25) is 24.6 Å². The molecular weight excluding hydrogens is 947 g/mol. The number of aldehydes is 1. The third-order valence-electron chi connectivity index (χ3n) is 19.1. The number of amides is 1. The maximum atomic E-state index is 15.5. The van der Waals surface area contributed by atoms with Crippen LogP contribution in [0.4, 0.5) is 0 Å². The average molecular weight is 1050 g/mol. The normalized spacial score (nSPS) is 24.8. The van der Waals surface area contributed by atoms with E-state index < -0.39 is 0 Å². The maximum absolute atomic E-state index is 15.5. The Morgan fingerprint density at radius 1 is 1.13 bits per heavy atom. The number of rotatable bonds is 23. The molecule has 3 aromatic heterocycles. The van der Waals surface area contributed by atoms with Crippen LogP contribution in [0.2, 0.25) is 0 Å². The number of carbonyl (C=O) groups is 2. The minimum Gasteiger partial charge on any atom is -0.380 e. The standard InChI is InChI=1S/C62H91N9O4.CH4.2H2/c1-10-28-67(36-45-19-14-21-51-53(45)50(33-61(7,8)23-18-31-72)59(69(51)11-2)49-32-46(47-37-75-38-47)34-64-55(49)44(6)74-9)35-41(3)57(68-39-62(40-68)24-17-25-62)54(43(5)71-30-13-12-27-65-71)66-60(73)58-42(4)48-20-15-26-63-56(48)52-22-16-29-70(52)58;;;/h14-15,20-21,26,31-32,34,41-42,44-45,47,52,54,57-58,65H,5,10-13,16-19,22-25,27-30,33,35-40H2,1-4,6-9H3,(H,66,73);1H4;2*1H/t41?,42?,44-,45?,52+,54+,57+,58-;;;/m0.../s1. The topological polar surface area (TPSA) is 120 Å². The molecule has 13 nitrogen and oxygen atoms in total. The first kappa shape index (κ1) is 56.5. The minimum atomic E-state index is -0.272. The van der Waals surface area contributed by atoms with Crippen molar-refractivity contribution in [2.75, 3.05) is 72.7 Å². The lowest BCUT2D eigenvalue weighted by Gasteiger charge is -2.61. The summed E-state index contributed by atoms with van der Waals surface area (Å²) in [4.78, 5) is 45.5. The number of likely N-dealkylation sites (tertiary alicyclic amines) is 1. The third-order valence-corrected chi connectivity index (χ3v) is 19.1. The molecule has 0 radical (unpaired) electrons. The summed E-state index contributed by atoms with van der Waals surface area (Å²) in [5.41, 5.74) is 16.1. The number of hydrazine groups is 1. The number of aromatic nitrogens is 3. The number of hydrogen-bond donors (Lipinski definition) is 2. The van der Waals surface area contributed by atoms with E-state index in [1.165, 1.54) is 52.9 Å². The second kappa shape index (κ2) is 24.0. The number of carbonyl (C=O) groups excluding carboxylic acids is 2. The Labute approximate surface area is 460 Å². The lowest BCUT2D eigenvalue weighted by atomic mass is 9.62. The van der Waals surface area contributed by atoms with E-state index in [4.69, 9.17) is 26.0 Å². The number of pyridine rings is 2. The quantitative estimate of drug-likeness (QED) is 0.0884. The zero-order valence-electron chi connectivity index (χ0n) is 47.0. The molecule has 5 aliphatic heterocycles. The largest absolute Gasteiger partial charge is 0.380 e. The smallest absolute Gasteiger partial charge is 0.238 e. The number of fused-ring (bicyclic) bond motifs is 4. The van der Waals surface area contributed by atoms with Gasteiger partial charge in [0.25, 0.3) is 0 Å². The van der Waals surface area contributed by atoms with Gasteiger partial charge in [-0.05, 0) is 148 Å². The highest BCUT2D eigenvalue weighted by Crippen LogP contribution is 2.51. The zero-order chi connectivity index (χ0) is 52.6. The highest BCUT2D eigenvalue weighted by molar-refractivity contribution is 5.84. The molecule has 4 saturated heterocycles. The van der Waals surface area contributed by atoms with E-state index in [-0.39, 0.29) is 69.6 Å². The van der Waals surface area contributed by atoms with Crippen LogP contribution in [0, 0.1) is 16.7 Å². The molecule has 10 rings (SSSR count). The highest BCUT2D eigenvalue weighted by atomic mass is 16.5. The van der Waals surface area contributed by atoms with Gasteiger partial charge < -0.3 is 34.1 Å². The predicted octanol–water partition coefficient (Wildman–Crippen LogP) is 11.1. The lowest BCUT2D eigenvalue weighted by molar-refractivity contribution is -0.132. The van der Waals surface area contributed by atoms with Crippen molar-refractivity contribution in [1.29, 1.82) is 0 Å². The summed E-state index contributed by atoms with van der Waals surface area (Å²) in [5, 5.41) is 6.15. The molecule has 2 aliphatic carbocycles. The highest BCUT2D eigenvalue weighted by Gasteiger charge is 2.53. The number of hydrogen-bond acceptors (Lipinski definition) is 11. The first-order valence-electron chi connectivity index (χ1n) is 29.4. The Hall–Kier alpha value is -4.24. The van der Waals surface area contributed by atoms with Crippen molar-refractivity contribution >= 4 is 18.3 Å². The SMILES string of the molecule is C.C=C([C@@H](NC(=O)[C@@H]1C(C)c2cccnc2[C@H]2CCCN21)[C@@H](C(C)CN(CCC)CC1CC=Cc2c1c(CC(C)(C)CCC=O)c(-c1cc(C3COC3)cnc1[C@H](C)OC)n2CC)N1CC2(CCC2)C1)N1CCCCN1.[HH].[HH]. The number of ether oxygens (including phenoxy) is 2. The molecule has 1 saturated carbocycles. The van der Waals surface area contributed by atoms with E-state index in [1.807, 2.05) is 18.5 Å². The molecule has 420 valence electrons. The Bertz CT molecular complexity index is 2550. The zero-order valence-corrected chi connectivity index (χ0v) is 47.0. The van der Waals surface area contributed by atoms with Gasteiger partial charge in [-0.2, -0.15) is 0 Å². The molecule has 13 heteroatoms. The van der Waals surface area contributed by atoms with Crippen LogP contribution in [0.1, 0.15) is 199 Å². The summed E-state index contributed by atoms with van der Waals surface area (Å²) in [6.07, 6.45) is 22.1. The molecule has 5 fully saturated rings. The first-order valence-corrected chi connectivity index (χ1v) is 29.4. The molecule has 1 spiro atoms. The molecular formula is C63H99N9O4.